The monoisotopic (exact) mass is 888 g/mol. The molecule has 0 bridgehead atoms. The molecule has 12 atom stereocenters. The quantitative estimate of drug-likeness (QED) is 0.118. The number of halogens is 3. The molecule has 346 valence electrons. The molecule has 2 unspecified atom stereocenters. The van der Waals surface area contributed by atoms with Crippen molar-refractivity contribution in [1.82, 2.24) is 16.0 Å². The summed E-state index contributed by atoms with van der Waals surface area (Å²) in [5.41, 5.74) is -0.0225. The molecule has 16 nitrogen and oxygen atoms in total. The van der Waals surface area contributed by atoms with Crippen molar-refractivity contribution in [2.75, 3.05) is 18.4 Å². The average molecular weight is 889 g/mol. The number of allylic oxidation sites excluding steroid dienone is 4. The summed E-state index contributed by atoms with van der Waals surface area (Å²) in [6, 6.07) is 3.69. The van der Waals surface area contributed by atoms with Gasteiger partial charge in [0.25, 0.3) is 0 Å². The van der Waals surface area contributed by atoms with Gasteiger partial charge >= 0.3 is 12.1 Å². The van der Waals surface area contributed by atoms with E-state index in [2.05, 4.69) is 21.3 Å². The summed E-state index contributed by atoms with van der Waals surface area (Å²) in [5.74, 6) is -3.91. The summed E-state index contributed by atoms with van der Waals surface area (Å²) < 4.78 is 69.8. The van der Waals surface area contributed by atoms with Crippen LogP contribution >= 0.6 is 0 Å². The van der Waals surface area contributed by atoms with Crippen LogP contribution in [0.4, 0.5) is 28.4 Å². The molecule has 1 aliphatic heterocycles. The van der Waals surface area contributed by atoms with Crippen LogP contribution in [-0.4, -0.2) is 107 Å². The predicted molar refractivity (Wildman–Crippen MR) is 222 cm³/mol. The predicted octanol–water partition coefficient (Wildman–Crippen LogP) is 3.64. The standard InChI is InChI=1S/C44H59F3N6O10/c1-6-8-34-62-33-18-30-41(5,20-31(55)44(47)40(4)15-14-26(54)17-27(40)28(45)19-42(30,44)46)43(33,63-34)32(56)21-51-39(60)61-22-24-10-12-25(13-11-24)52-36(57)29(9-7-16-50-38(49)59)53-37(58)35(48)23(2)3/h10-15,17,23,28-31,33-35,55H,6-9,16,18-22,48H2,1-5H3,(H,51,60)(H,52,57)(H,53,58)(H3,49,50,59)/t28-,29-,30+,31-,33+,34?,35?,40-,41-,42+,43+,44-/m0/s1. The van der Waals surface area contributed by atoms with Crippen LogP contribution in [0.3, 0.4) is 0 Å². The molecule has 1 saturated heterocycles. The maximum atomic E-state index is 18.0. The van der Waals surface area contributed by atoms with E-state index < -0.39 is 125 Å². The van der Waals surface area contributed by atoms with Crippen LogP contribution in [0.2, 0.25) is 0 Å². The summed E-state index contributed by atoms with van der Waals surface area (Å²) in [4.78, 5) is 76.7. The molecule has 1 aromatic carbocycles. The first-order valence-electron chi connectivity index (χ1n) is 21.5. The molecule has 5 aliphatic rings. The third-order valence-corrected chi connectivity index (χ3v) is 14.0. The van der Waals surface area contributed by atoms with Crippen LogP contribution in [0.15, 0.2) is 48.1 Å². The normalized spacial score (nSPS) is 34.9. The smallest absolute Gasteiger partial charge is 0.407 e. The first kappa shape index (κ1) is 47.6. The first-order chi connectivity index (χ1) is 29.6. The van der Waals surface area contributed by atoms with Crippen LogP contribution in [-0.2, 0) is 40.0 Å². The van der Waals surface area contributed by atoms with Crippen molar-refractivity contribution in [2.24, 2.45) is 34.1 Å². The molecule has 0 spiro atoms. The lowest BCUT2D eigenvalue weighted by Gasteiger charge is -2.65. The van der Waals surface area contributed by atoms with E-state index in [0.29, 0.717) is 30.5 Å². The van der Waals surface area contributed by atoms with Crippen molar-refractivity contribution in [1.29, 1.82) is 0 Å². The Balaban J connectivity index is 1.11. The van der Waals surface area contributed by atoms with Gasteiger partial charge in [0.05, 0.1) is 24.8 Å². The number of nitrogens with two attached hydrogens (primary N) is 2. The second kappa shape index (κ2) is 18.0. The average Bonchev–Trinajstić information content (AvgIpc) is 3.72. The molecule has 1 heterocycles. The third kappa shape index (κ3) is 8.25. The molecule has 0 aromatic heterocycles. The maximum absolute atomic E-state index is 18.0. The molecule has 5 amide bonds. The summed E-state index contributed by atoms with van der Waals surface area (Å²) in [6.07, 6.45) is -4.26. The van der Waals surface area contributed by atoms with Gasteiger partial charge in [-0.2, -0.15) is 0 Å². The van der Waals surface area contributed by atoms with E-state index in [9.17, 15) is 33.9 Å². The zero-order valence-corrected chi connectivity index (χ0v) is 36.1. The number of primary amides is 1. The lowest BCUT2D eigenvalue weighted by molar-refractivity contribution is -0.276. The third-order valence-electron chi connectivity index (χ3n) is 14.0. The summed E-state index contributed by atoms with van der Waals surface area (Å²) >= 11 is 0. The van der Waals surface area contributed by atoms with Crippen LogP contribution in [0.5, 0.6) is 0 Å². The maximum Gasteiger partial charge on any atom is 0.407 e. The van der Waals surface area contributed by atoms with Gasteiger partial charge in [0.15, 0.2) is 34.8 Å². The Morgan fingerprint density at radius 3 is 2.40 bits per heavy atom. The van der Waals surface area contributed by atoms with Gasteiger partial charge in [0, 0.05) is 35.4 Å². The minimum atomic E-state index is -3.08. The number of aliphatic hydroxyl groups is 1. The number of carbonyl (C=O) groups is 6. The number of alkyl halides is 3. The van der Waals surface area contributed by atoms with Crippen LogP contribution < -0.4 is 32.7 Å². The van der Waals surface area contributed by atoms with Gasteiger partial charge in [-0.1, -0.05) is 52.3 Å². The number of carbonyl (C=O) groups excluding carboxylic acids is 6. The van der Waals surface area contributed by atoms with Crippen LogP contribution in [0.25, 0.3) is 0 Å². The Kier molecular flexibility index (Phi) is 13.6. The molecule has 0 radical (unpaired) electrons. The fourth-order valence-electron chi connectivity index (χ4n) is 10.7. The lowest BCUT2D eigenvalue weighted by atomic mass is 9.43. The van der Waals surface area contributed by atoms with E-state index in [4.69, 9.17) is 25.7 Å². The van der Waals surface area contributed by atoms with Crippen LogP contribution in [0, 0.1) is 22.7 Å². The molecular weight excluding hydrogens is 830 g/mol. The number of aliphatic hydroxyl groups excluding tert-OH is 1. The molecule has 63 heavy (non-hydrogen) atoms. The number of anilines is 1. The van der Waals surface area contributed by atoms with Crippen LogP contribution in [0.1, 0.15) is 85.1 Å². The molecule has 19 heteroatoms. The van der Waals surface area contributed by atoms with Gasteiger partial charge in [-0.05, 0) is 80.4 Å². The number of hydrogen-bond acceptors (Lipinski definition) is 11. The van der Waals surface area contributed by atoms with Gasteiger partial charge in [0.1, 0.15) is 18.8 Å². The van der Waals surface area contributed by atoms with Crippen molar-refractivity contribution in [3.05, 3.63) is 53.6 Å². The van der Waals surface area contributed by atoms with Crippen molar-refractivity contribution in [3.8, 4) is 0 Å². The highest BCUT2D eigenvalue weighted by Gasteiger charge is 2.85. The van der Waals surface area contributed by atoms with E-state index in [1.807, 2.05) is 6.92 Å². The van der Waals surface area contributed by atoms with Gasteiger partial charge in [-0.3, -0.25) is 19.2 Å². The Morgan fingerprint density at radius 2 is 1.75 bits per heavy atom. The molecule has 6 rings (SSSR count). The Labute approximate surface area is 363 Å². The Hall–Kier alpha value is -4.85. The number of hydrogen-bond donors (Lipinski definition) is 7. The fraction of sp³-hybridized carbons (Fsp3) is 0.636. The fourth-order valence-corrected chi connectivity index (χ4v) is 10.7. The van der Waals surface area contributed by atoms with Gasteiger partial charge in [0.2, 0.25) is 11.8 Å². The van der Waals surface area contributed by atoms with Crippen molar-refractivity contribution in [3.63, 3.8) is 0 Å². The van der Waals surface area contributed by atoms with E-state index >= 15 is 13.2 Å². The zero-order chi connectivity index (χ0) is 46.3. The minimum Gasteiger partial charge on any atom is -0.445 e. The lowest BCUT2D eigenvalue weighted by Crippen LogP contribution is -2.77. The van der Waals surface area contributed by atoms with Crippen molar-refractivity contribution in [2.45, 2.75) is 140 Å². The number of benzene rings is 1. The number of urea groups is 1. The number of ether oxygens (including phenoxy) is 3. The largest absolute Gasteiger partial charge is 0.445 e. The van der Waals surface area contributed by atoms with Gasteiger partial charge in [-0.15, -0.1) is 0 Å². The molecule has 4 aliphatic carbocycles. The Morgan fingerprint density at radius 1 is 1.05 bits per heavy atom. The van der Waals surface area contributed by atoms with Crippen molar-refractivity contribution < 1.29 is 61.3 Å². The van der Waals surface area contributed by atoms with E-state index in [-0.39, 0.29) is 37.5 Å². The zero-order valence-electron chi connectivity index (χ0n) is 36.1. The summed E-state index contributed by atoms with van der Waals surface area (Å²) in [5, 5.41) is 22.0. The summed E-state index contributed by atoms with van der Waals surface area (Å²) in [6.45, 7) is 7.46. The second-order valence-corrected chi connectivity index (χ2v) is 18.2. The minimum absolute atomic E-state index is 0.169. The highest BCUT2D eigenvalue weighted by Crippen LogP contribution is 2.74. The van der Waals surface area contributed by atoms with Gasteiger partial charge < -0.3 is 52.1 Å². The number of nitrogens with one attached hydrogen (secondary N) is 4. The number of ketones is 2. The number of Topliss-reactive ketones (excluding diaryl/α,β-unsaturated/α-hetero) is 1. The molecule has 4 fully saturated rings. The van der Waals surface area contributed by atoms with Crippen molar-refractivity contribution >= 4 is 41.2 Å². The van der Waals surface area contributed by atoms with E-state index in [0.717, 1.165) is 18.2 Å². The molecule has 1 aromatic rings. The molecular formula is C44H59F3N6O10. The van der Waals surface area contributed by atoms with E-state index in [1.165, 1.54) is 13.8 Å². The van der Waals surface area contributed by atoms with Gasteiger partial charge in [-0.25, -0.2) is 22.8 Å². The second-order valence-electron chi connectivity index (χ2n) is 18.2. The number of fused-ring (bicyclic) bond motifs is 7. The Bertz CT molecular complexity index is 2040. The number of rotatable bonds is 16. The highest BCUT2D eigenvalue weighted by molar-refractivity contribution is 6.01. The first-order valence-corrected chi connectivity index (χ1v) is 21.5. The summed E-state index contributed by atoms with van der Waals surface area (Å²) in [7, 11) is 0. The topological polar surface area (TPSA) is 250 Å². The molecule has 9 N–H and O–H groups in total. The SMILES string of the molecule is CCCC1O[C@@H]2C[C@@H]3[C@](C)(C[C@H](O)[C@]4(F)[C@@]5(C)C=CC(=O)C=C5[C@@H](F)C[C@@]34F)[C@]2(C(=O)CNC(=O)OCc2ccc(NC(=O)[C@H](CCCNC(N)=O)NC(=O)C(N)C(C)C)cc2)O1. The molecule has 3 saturated carbocycles. The number of alkyl carbamates (subject to hydrolysis) is 1. The number of amides is 5. The highest BCUT2D eigenvalue weighted by atomic mass is 19.2. The van der Waals surface area contributed by atoms with E-state index in [1.54, 1.807) is 38.1 Å².